The number of hydrogen-bond donors (Lipinski definition) is 3. The van der Waals surface area contributed by atoms with Gasteiger partial charge in [0.15, 0.2) is 5.03 Å². The van der Waals surface area contributed by atoms with Gasteiger partial charge in [0.1, 0.15) is 11.8 Å². The van der Waals surface area contributed by atoms with Gasteiger partial charge in [0.2, 0.25) is 0 Å². The van der Waals surface area contributed by atoms with E-state index in [1.807, 2.05) is 4.72 Å². The average molecular weight is 272 g/mol. The number of anilines is 1. The van der Waals surface area contributed by atoms with Gasteiger partial charge in [0.25, 0.3) is 10.0 Å². The zero-order valence-corrected chi connectivity index (χ0v) is 9.85. The monoisotopic (exact) mass is 272 g/mol. The number of H-pyrrole nitrogens is 1. The molecular weight excluding hydrogens is 264 g/mol. The summed E-state index contributed by atoms with van der Waals surface area (Å²) >= 11 is 0. The zero-order valence-electron chi connectivity index (χ0n) is 9.04. The molecule has 0 unspecified atom stereocenters. The van der Waals surface area contributed by atoms with E-state index in [-0.39, 0.29) is 6.01 Å². The molecule has 2 aromatic heterocycles. The molecular formula is C8H8N4O5S. The Morgan fingerprint density at radius 3 is 2.83 bits per heavy atom. The Morgan fingerprint density at radius 2 is 2.28 bits per heavy atom. The fraction of sp³-hybridized carbons (Fsp3) is 0.125. The Morgan fingerprint density at radius 1 is 1.56 bits per heavy atom. The van der Waals surface area contributed by atoms with E-state index in [1.165, 1.54) is 6.26 Å². The van der Waals surface area contributed by atoms with Crippen LogP contribution in [0.3, 0.4) is 0 Å². The highest BCUT2D eigenvalue weighted by molar-refractivity contribution is 7.92. The van der Waals surface area contributed by atoms with Crippen LogP contribution < -0.4 is 4.72 Å². The summed E-state index contributed by atoms with van der Waals surface area (Å²) in [6, 6.07) is -0.251. The Kier molecular flexibility index (Phi) is 2.79. The van der Waals surface area contributed by atoms with E-state index in [2.05, 4.69) is 15.2 Å². The minimum absolute atomic E-state index is 0.251. The molecule has 0 aliphatic heterocycles. The van der Waals surface area contributed by atoms with E-state index in [1.54, 1.807) is 6.92 Å². The van der Waals surface area contributed by atoms with Gasteiger partial charge < -0.3 is 9.52 Å². The van der Waals surface area contributed by atoms with Crippen LogP contribution in [0.4, 0.5) is 6.01 Å². The molecule has 0 fully saturated rings. The predicted molar refractivity (Wildman–Crippen MR) is 57.6 cm³/mol. The van der Waals surface area contributed by atoms with Crippen LogP contribution in [0.1, 0.15) is 16.1 Å². The van der Waals surface area contributed by atoms with Crippen LogP contribution in [-0.2, 0) is 10.0 Å². The van der Waals surface area contributed by atoms with Crippen molar-refractivity contribution in [3.05, 3.63) is 23.7 Å². The van der Waals surface area contributed by atoms with Gasteiger partial charge in [-0.05, 0) is 6.92 Å². The molecule has 0 aliphatic rings. The molecule has 0 saturated carbocycles. The van der Waals surface area contributed by atoms with Crippen LogP contribution >= 0.6 is 0 Å². The number of aromatic carboxylic acids is 1. The number of aromatic nitrogens is 3. The number of hydrogen-bond acceptors (Lipinski definition) is 6. The third-order valence-corrected chi connectivity index (χ3v) is 3.24. The largest absolute Gasteiger partial charge is 0.478 e. The summed E-state index contributed by atoms with van der Waals surface area (Å²) in [5.74, 6) is -1.41. The first-order chi connectivity index (χ1) is 8.40. The van der Waals surface area contributed by atoms with Crippen molar-refractivity contribution in [3.63, 3.8) is 0 Å². The maximum absolute atomic E-state index is 11.9. The van der Waals surface area contributed by atoms with E-state index in [4.69, 9.17) is 9.52 Å². The summed E-state index contributed by atoms with van der Waals surface area (Å²) in [6.45, 7) is 1.61. The number of oxazole rings is 1. The lowest BCUT2D eigenvalue weighted by atomic mass is 10.4. The van der Waals surface area contributed by atoms with Crippen LogP contribution in [0.15, 0.2) is 21.9 Å². The number of carbonyl (C=O) groups is 1. The van der Waals surface area contributed by atoms with Crippen molar-refractivity contribution in [2.75, 3.05) is 4.72 Å². The van der Waals surface area contributed by atoms with Gasteiger partial charge in [-0.15, -0.1) is 0 Å². The highest BCUT2D eigenvalue weighted by atomic mass is 32.2. The van der Waals surface area contributed by atoms with Crippen LogP contribution in [0.5, 0.6) is 0 Å². The first-order valence-corrected chi connectivity index (χ1v) is 6.10. The maximum atomic E-state index is 11.9. The van der Waals surface area contributed by atoms with Crippen molar-refractivity contribution in [3.8, 4) is 0 Å². The molecule has 96 valence electrons. The van der Waals surface area contributed by atoms with Crippen LogP contribution in [0, 0.1) is 6.92 Å². The van der Waals surface area contributed by atoms with Gasteiger partial charge in [-0.2, -0.15) is 18.5 Å². The SMILES string of the molecule is Cc1coc(NS(=O)(=O)c2[nH]ncc2C(=O)O)n1. The summed E-state index contributed by atoms with van der Waals surface area (Å²) in [4.78, 5) is 14.5. The molecule has 0 bridgehead atoms. The van der Waals surface area contributed by atoms with E-state index in [0.29, 0.717) is 5.69 Å². The molecule has 0 atom stereocenters. The molecule has 0 saturated heterocycles. The first kappa shape index (κ1) is 12.1. The highest BCUT2D eigenvalue weighted by Gasteiger charge is 2.26. The summed E-state index contributed by atoms with van der Waals surface area (Å²) in [5.41, 5.74) is 0.0153. The van der Waals surface area contributed by atoms with Crippen molar-refractivity contribution in [1.82, 2.24) is 15.2 Å². The van der Waals surface area contributed by atoms with Gasteiger partial charge >= 0.3 is 12.0 Å². The number of aromatic amines is 1. The third-order valence-electron chi connectivity index (χ3n) is 1.94. The lowest BCUT2D eigenvalue weighted by Gasteiger charge is -2.02. The van der Waals surface area contributed by atoms with E-state index >= 15 is 0 Å². The maximum Gasteiger partial charge on any atom is 0.340 e. The average Bonchev–Trinajstić information content (AvgIpc) is 2.86. The minimum Gasteiger partial charge on any atom is -0.478 e. The number of sulfonamides is 1. The molecule has 0 radical (unpaired) electrons. The molecule has 0 amide bonds. The summed E-state index contributed by atoms with van der Waals surface area (Å²) < 4.78 is 30.5. The van der Waals surface area contributed by atoms with Crippen molar-refractivity contribution in [2.45, 2.75) is 11.9 Å². The number of rotatable bonds is 4. The van der Waals surface area contributed by atoms with Crippen molar-refractivity contribution < 1.29 is 22.7 Å². The molecule has 3 N–H and O–H groups in total. The molecule has 10 heteroatoms. The summed E-state index contributed by atoms with van der Waals surface area (Å²) in [5, 5.41) is 13.7. The second-order valence-electron chi connectivity index (χ2n) is 3.32. The number of nitrogens with one attached hydrogen (secondary N) is 2. The highest BCUT2D eigenvalue weighted by Crippen LogP contribution is 2.16. The van der Waals surface area contributed by atoms with Gasteiger partial charge in [0.05, 0.1) is 11.9 Å². The Hall–Kier alpha value is -2.36. The van der Waals surface area contributed by atoms with Crippen molar-refractivity contribution >= 4 is 22.0 Å². The molecule has 9 nitrogen and oxygen atoms in total. The Balaban J connectivity index is 2.37. The molecule has 0 aromatic carbocycles. The molecule has 2 heterocycles. The van der Waals surface area contributed by atoms with E-state index in [0.717, 1.165) is 6.20 Å². The number of carboxylic acid groups (broad SMARTS) is 1. The predicted octanol–water partition coefficient (Wildman–Crippen LogP) is 0.205. The standard InChI is InChI=1S/C8H8N4O5S/c1-4-3-17-8(10-4)12-18(15,16)6-5(7(13)14)2-9-11-6/h2-3H,1H3,(H,9,11)(H,10,12)(H,13,14). The van der Waals surface area contributed by atoms with Gasteiger partial charge in [0, 0.05) is 0 Å². The first-order valence-electron chi connectivity index (χ1n) is 4.62. The Labute approximate surface area is 101 Å². The summed E-state index contributed by atoms with van der Waals surface area (Å²) in [6.07, 6.45) is 2.15. The Bertz CT molecular complexity index is 686. The number of nitrogens with zero attached hydrogens (tertiary/aromatic N) is 2. The third kappa shape index (κ3) is 2.18. The van der Waals surface area contributed by atoms with Crippen molar-refractivity contribution in [2.24, 2.45) is 0 Å². The summed E-state index contributed by atoms with van der Waals surface area (Å²) in [7, 11) is -4.14. The molecule has 18 heavy (non-hydrogen) atoms. The second kappa shape index (κ2) is 4.14. The zero-order chi connectivity index (χ0) is 13.3. The van der Waals surface area contributed by atoms with Crippen LogP contribution in [0.2, 0.25) is 0 Å². The van der Waals surface area contributed by atoms with Crippen LogP contribution in [-0.4, -0.2) is 34.7 Å². The fourth-order valence-corrected chi connectivity index (χ4v) is 2.23. The molecule has 2 aromatic rings. The number of aryl methyl sites for hydroxylation is 1. The lowest BCUT2D eigenvalue weighted by molar-refractivity contribution is 0.0692. The molecule has 0 aliphatic carbocycles. The van der Waals surface area contributed by atoms with Gasteiger partial charge in [-0.25, -0.2) is 9.52 Å². The topological polar surface area (TPSA) is 138 Å². The smallest absolute Gasteiger partial charge is 0.340 e. The van der Waals surface area contributed by atoms with Gasteiger partial charge in [-0.1, -0.05) is 0 Å². The molecule has 0 spiro atoms. The number of carboxylic acids is 1. The molecule has 2 rings (SSSR count). The van der Waals surface area contributed by atoms with Crippen molar-refractivity contribution in [1.29, 1.82) is 0 Å². The minimum atomic E-state index is -4.14. The van der Waals surface area contributed by atoms with E-state index < -0.39 is 26.6 Å². The normalized spacial score (nSPS) is 11.4. The van der Waals surface area contributed by atoms with Crippen LogP contribution in [0.25, 0.3) is 0 Å². The quantitative estimate of drug-likeness (QED) is 0.722. The van der Waals surface area contributed by atoms with E-state index in [9.17, 15) is 13.2 Å². The fourth-order valence-electron chi connectivity index (χ4n) is 1.20. The second-order valence-corrected chi connectivity index (χ2v) is 4.94. The lowest BCUT2D eigenvalue weighted by Crippen LogP contribution is -2.16. The van der Waals surface area contributed by atoms with Gasteiger partial charge in [-0.3, -0.25) is 5.10 Å².